The van der Waals surface area contributed by atoms with Crippen LogP contribution in [-0.2, 0) is 14.4 Å². The lowest BCUT2D eigenvalue weighted by Gasteiger charge is -2.45. The normalized spacial score (nSPS) is 24.4. The van der Waals surface area contributed by atoms with Crippen LogP contribution in [0.3, 0.4) is 0 Å². The second-order valence-corrected chi connectivity index (χ2v) is 6.86. The van der Waals surface area contributed by atoms with Crippen molar-refractivity contribution in [2.75, 3.05) is 0 Å². The highest BCUT2D eigenvalue weighted by Crippen LogP contribution is 2.47. The number of aliphatic hydroxyl groups is 1. The highest BCUT2D eigenvalue weighted by Gasteiger charge is 2.49. The maximum Gasteiger partial charge on any atom is 0.328 e. The second-order valence-electron chi connectivity index (χ2n) is 6.86. The first kappa shape index (κ1) is 20.6. The molecular formula is C19H24O6. The Bertz CT molecular complexity index is 705. The molecule has 0 amide bonds. The first-order valence-electron chi connectivity index (χ1n) is 7.86. The molecule has 3 N–H and O–H groups in total. The summed E-state index contributed by atoms with van der Waals surface area (Å²) in [6.07, 6.45) is 6.59. The van der Waals surface area contributed by atoms with Crippen LogP contribution < -0.4 is 0 Å². The van der Waals surface area contributed by atoms with E-state index in [1.165, 1.54) is 18.2 Å². The standard InChI is InChI=1S/C19H24O6/c1-12(10-17(23)24)8-9-19(25)13(2)14(6-5-7-16(21)22)15(20)11-18(19,3)4/h5,7-10,25H,6,11H2,1-4H3,(H,21,22)(H,23,24)/b7-5+,9-8+,12-10-/t19-/m0/s1. The molecule has 0 bridgehead atoms. The summed E-state index contributed by atoms with van der Waals surface area (Å²) < 4.78 is 0. The van der Waals surface area contributed by atoms with Gasteiger partial charge in [0.1, 0.15) is 5.60 Å². The van der Waals surface area contributed by atoms with Gasteiger partial charge in [0.25, 0.3) is 0 Å². The Morgan fingerprint density at radius 3 is 2.28 bits per heavy atom. The summed E-state index contributed by atoms with van der Waals surface area (Å²) in [7, 11) is 0. The van der Waals surface area contributed by atoms with Crippen molar-refractivity contribution in [3.63, 3.8) is 0 Å². The van der Waals surface area contributed by atoms with E-state index >= 15 is 0 Å². The van der Waals surface area contributed by atoms with Gasteiger partial charge >= 0.3 is 11.9 Å². The fourth-order valence-electron chi connectivity index (χ4n) is 2.98. The molecule has 6 heteroatoms. The van der Waals surface area contributed by atoms with E-state index in [-0.39, 0.29) is 18.6 Å². The first-order chi connectivity index (χ1) is 11.4. The Labute approximate surface area is 146 Å². The number of carbonyl (C=O) groups is 3. The minimum absolute atomic E-state index is 0.100. The SMILES string of the molecule is CC1=C(C/C=C/C(=O)O)C(=O)CC(C)(C)[C@]1(O)/C=C/C(C)=C\C(=O)O. The van der Waals surface area contributed by atoms with Gasteiger partial charge < -0.3 is 15.3 Å². The quantitative estimate of drug-likeness (QED) is 0.502. The van der Waals surface area contributed by atoms with Crippen molar-refractivity contribution >= 4 is 17.7 Å². The van der Waals surface area contributed by atoms with Gasteiger partial charge in [0.2, 0.25) is 0 Å². The highest BCUT2D eigenvalue weighted by molar-refractivity contribution is 5.98. The molecule has 0 aromatic rings. The van der Waals surface area contributed by atoms with E-state index < -0.39 is 23.0 Å². The molecule has 0 aromatic carbocycles. The van der Waals surface area contributed by atoms with Crippen LogP contribution in [0.1, 0.15) is 40.5 Å². The van der Waals surface area contributed by atoms with Crippen molar-refractivity contribution in [3.05, 3.63) is 47.1 Å². The molecule has 25 heavy (non-hydrogen) atoms. The van der Waals surface area contributed by atoms with Gasteiger partial charge in [0.15, 0.2) is 5.78 Å². The number of Topliss-reactive ketones (excluding diaryl/α,β-unsaturated/α-hetero) is 1. The lowest BCUT2D eigenvalue weighted by molar-refractivity contribution is -0.132. The number of carboxylic acids is 2. The average Bonchev–Trinajstić information content (AvgIpc) is 2.45. The van der Waals surface area contributed by atoms with E-state index in [1.54, 1.807) is 27.7 Å². The number of carboxylic acid groups (broad SMARTS) is 2. The van der Waals surface area contributed by atoms with Crippen molar-refractivity contribution in [2.24, 2.45) is 5.41 Å². The number of hydrogen-bond acceptors (Lipinski definition) is 4. The maximum absolute atomic E-state index is 12.4. The monoisotopic (exact) mass is 348 g/mol. The van der Waals surface area contributed by atoms with Crippen molar-refractivity contribution in [3.8, 4) is 0 Å². The number of hydrogen-bond donors (Lipinski definition) is 3. The largest absolute Gasteiger partial charge is 0.478 e. The number of rotatable bonds is 6. The topological polar surface area (TPSA) is 112 Å². The zero-order valence-corrected chi connectivity index (χ0v) is 14.9. The molecule has 0 aliphatic heterocycles. The molecule has 0 spiro atoms. The fourth-order valence-corrected chi connectivity index (χ4v) is 2.98. The van der Waals surface area contributed by atoms with Crippen LogP contribution in [-0.4, -0.2) is 38.6 Å². The van der Waals surface area contributed by atoms with E-state index in [1.807, 2.05) is 0 Å². The molecule has 0 saturated carbocycles. The van der Waals surface area contributed by atoms with E-state index in [2.05, 4.69) is 0 Å². The minimum atomic E-state index is -1.44. The van der Waals surface area contributed by atoms with E-state index in [9.17, 15) is 19.5 Å². The Balaban J connectivity index is 3.34. The van der Waals surface area contributed by atoms with Crippen LogP contribution in [0.25, 0.3) is 0 Å². The molecule has 0 aromatic heterocycles. The summed E-state index contributed by atoms with van der Waals surface area (Å²) in [6, 6.07) is 0. The van der Waals surface area contributed by atoms with E-state index in [0.717, 1.165) is 12.2 Å². The van der Waals surface area contributed by atoms with Gasteiger partial charge in [-0.3, -0.25) is 4.79 Å². The van der Waals surface area contributed by atoms with Gasteiger partial charge in [-0.2, -0.15) is 0 Å². The lowest BCUT2D eigenvalue weighted by Crippen LogP contribution is -2.49. The van der Waals surface area contributed by atoms with Crippen LogP contribution in [0, 0.1) is 5.41 Å². The third-order valence-corrected chi connectivity index (χ3v) is 4.52. The van der Waals surface area contributed by atoms with E-state index in [0.29, 0.717) is 16.7 Å². The molecule has 6 nitrogen and oxygen atoms in total. The smallest absolute Gasteiger partial charge is 0.328 e. The highest BCUT2D eigenvalue weighted by atomic mass is 16.4. The minimum Gasteiger partial charge on any atom is -0.478 e. The van der Waals surface area contributed by atoms with Gasteiger partial charge in [-0.05, 0) is 37.5 Å². The van der Waals surface area contributed by atoms with Gasteiger partial charge in [-0.15, -0.1) is 0 Å². The van der Waals surface area contributed by atoms with Crippen molar-refractivity contribution in [1.82, 2.24) is 0 Å². The molecule has 1 aliphatic rings. The van der Waals surface area contributed by atoms with Gasteiger partial charge in [-0.25, -0.2) is 9.59 Å². The summed E-state index contributed by atoms with van der Waals surface area (Å²) in [5.41, 5.74) is -0.949. The third-order valence-electron chi connectivity index (χ3n) is 4.52. The van der Waals surface area contributed by atoms with Crippen LogP contribution in [0.15, 0.2) is 47.1 Å². The predicted octanol–water partition coefficient (Wildman–Crippen LogP) is 2.65. The Kier molecular flexibility index (Phi) is 6.26. The molecule has 0 saturated heterocycles. The van der Waals surface area contributed by atoms with Gasteiger partial charge in [0, 0.05) is 29.6 Å². The molecule has 1 rings (SSSR count). The zero-order chi connectivity index (χ0) is 19.4. The fraction of sp³-hybridized carbons (Fsp3) is 0.421. The van der Waals surface area contributed by atoms with Crippen molar-refractivity contribution < 1.29 is 29.7 Å². The van der Waals surface area contributed by atoms with Gasteiger partial charge in [-0.1, -0.05) is 26.0 Å². The summed E-state index contributed by atoms with van der Waals surface area (Å²) in [5.74, 6) is -2.32. The number of allylic oxidation sites excluding steroid dienone is 4. The van der Waals surface area contributed by atoms with Crippen molar-refractivity contribution in [1.29, 1.82) is 0 Å². The number of ketones is 1. The Morgan fingerprint density at radius 1 is 1.16 bits per heavy atom. The Morgan fingerprint density at radius 2 is 1.76 bits per heavy atom. The van der Waals surface area contributed by atoms with Crippen LogP contribution in [0.5, 0.6) is 0 Å². The maximum atomic E-state index is 12.4. The predicted molar refractivity (Wildman–Crippen MR) is 93.0 cm³/mol. The summed E-state index contributed by atoms with van der Waals surface area (Å²) >= 11 is 0. The number of aliphatic carboxylic acids is 2. The molecular weight excluding hydrogens is 324 g/mol. The third kappa shape index (κ3) is 4.76. The summed E-state index contributed by atoms with van der Waals surface area (Å²) in [5, 5.41) is 28.7. The molecule has 0 fully saturated rings. The van der Waals surface area contributed by atoms with E-state index in [4.69, 9.17) is 10.2 Å². The Hall–Kier alpha value is -2.47. The molecule has 0 heterocycles. The van der Waals surface area contributed by atoms with Crippen LogP contribution >= 0.6 is 0 Å². The van der Waals surface area contributed by atoms with Crippen molar-refractivity contribution in [2.45, 2.75) is 46.1 Å². The zero-order valence-electron chi connectivity index (χ0n) is 14.9. The molecule has 0 radical (unpaired) electrons. The second kappa shape index (κ2) is 7.61. The summed E-state index contributed by atoms with van der Waals surface area (Å²) in [6.45, 7) is 6.77. The summed E-state index contributed by atoms with van der Waals surface area (Å²) in [4.78, 5) is 33.7. The molecule has 1 aliphatic carbocycles. The van der Waals surface area contributed by atoms with Gasteiger partial charge in [0.05, 0.1) is 0 Å². The first-order valence-corrected chi connectivity index (χ1v) is 7.86. The number of carbonyl (C=O) groups excluding carboxylic acids is 1. The molecule has 136 valence electrons. The lowest BCUT2D eigenvalue weighted by atomic mass is 9.62. The van der Waals surface area contributed by atoms with Crippen LogP contribution in [0.4, 0.5) is 0 Å². The molecule has 1 atom stereocenters. The molecule has 0 unspecified atom stereocenters. The average molecular weight is 348 g/mol. The van der Waals surface area contributed by atoms with Crippen LogP contribution in [0.2, 0.25) is 0 Å².